The summed E-state index contributed by atoms with van der Waals surface area (Å²) in [7, 11) is 1.79. The van der Waals surface area contributed by atoms with Gasteiger partial charge < -0.3 is 10.4 Å². The number of halogens is 1. The van der Waals surface area contributed by atoms with E-state index < -0.39 is 0 Å². The second kappa shape index (κ2) is 6.60. The maximum absolute atomic E-state index is 14.3. The van der Waals surface area contributed by atoms with Crippen molar-refractivity contribution >= 4 is 5.69 Å². The van der Waals surface area contributed by atoms with Crippen molar-refractivity contribution in [1.29, 1.82) is 0 Å². The average molecular weight is 335 g/mol. The first kappa shape index (κ1) is 17.0. The van der Waals surface area contributed by atoms with Crippen LogP contribution in [0.25, 0.3) is 22.3 Å². The molecule has 2 N–H and O–H groups in total. The van der Waals surface area contributed by atoms with Crippen LogP contribution in [-0.2, 0) is 0 Å². The van der Waals surface area contributed by atoms with Gasteiger partial charge in [0, 0.05) is 23.9 Å². The van der Waals surface area contributed by atoms with Gasteiger partial charge in [-0.3, -0.25) is 0 Å². The largest absolute Gasteiger partial charge is 0.507 e. The lowest BCUT2D eigenvalue weighted by molar-refractivity contribution is 0.473. The van der Waals surface area contributed by atoms with Gasteiger partial charge in [-0.05, 0) is 60.7 Å². The van der Waals surface area contributed by atoms with Crippen LogP contribution < -0.4 is 5.32 Å². The lowest BCUT2D eigenvalue weighted by Gasteiger charge is -2.16. The van der Waals surface area contributed by atoms with E-state index in [1.165, 1.54) is 0 Å². The Labute approximate surface area is 148 Å². The molecule has 0 atom stereocenters. The van der Waals surface area contributed by atoms with Crippen molar-refractivity contribution in [2.75, 3.05) is 12.4 Å². The zero-order chi connectivity index (χ0) is 18.1. The lowest BCUT2D eigenvalue weighted by Crippen LogP contribution is -1.97. The van der Waals surface area contributed by atoms with Crippen molar-refractivity contribution in [2.45, 2.75) is 20.8 Å². The first-order valence-corrected chi connectivity index (χ1v) is 8.31. The Balaban J connectivity index is 2.21. The summed E-state index contributed by atoms with van der Waals surface area (Å²) in [5.74, 6) is 0.0545. The van der Waals surface area contributed by atoms with Gasteiger partial charge in [0.15, 0.2) is 0 Å². The molecule has 0 aliphatic heterocycles. The fourth-order valence-electron chi connectivity index (χ4n) is 3.21. The minimum Gasteiger partial charge on any atom is -0.507 e. The summed E-state index contributed by atoms with van der Waals surface area (Å²) in [6, 6.07) is 15.2. The molecule has 3 aromatic rings. The SMILES string of the molecule is CNc1cc(-c2cccc(-c3cccc(C)c3O)c2C)cc(F)c1C. The molecule has 2 nitrogen and oxygen atoms in total. The summed E-state index contributed by atoms with van der Waals surface area (Å²) in [6.07, 6.45) is 0. The molecule has 0 amide bonds. The van der Waals surface area contributed by atoms with Crippen LogP contribution in [0.1, 0.15) is 16.7 Å². The molecule has 128 valence electrons. The van der Waals surface area contributed by atoms with E-state index in [9.17, 15) is 9.50 Å². The van der Waals surface area contributed by atoms with Crippen molar-refractivity contribution in [3.63, 3.8) is 0 Å². The van der Waals surface area contributed by atoms with Crippen molar-refractivity contribution in [2.24, 2.45) is 0 Å². The fourth-order valence-corrected chi connectivity index (χ4v) is 3.21. The van der Waals surface area contributed by atoms with Crippen LogP contribution in [0.4, 0.5) is 10.1 Å². The standard InChI is InChI=1S/C22H22FNO/c1-13-7-5-10-19(22(13)25)18-9-6-8-17(14(18)2)16-11-20(23)15(3)21(12-16)24-4/h5-12,24-25H,1-4H3. The number of rotatable bonds is 3. The van der Waals surface area contributed by atoms with Gasteiger partial charge in [-0.2, -0.15) is 0 Å². The van der Waals surface area contributed by atoms with Gasteiger partial charge in [0.05, 0.1) is 0 Å². The highest BCUT2D eigenvalue weighted by Gasteiger charge is 2.14. The van der Waals surface area contributed by atoms with E-state index in [4.69, 9.17) is 0 Å². The van der Waals surface area contributed by atoms with Gasteiger partial charge in [0.1, 0.15) is 11.6 Å². The zero-order valence-corrected chi connectivity index (χ0v) is 14.9. The average Bonchev–Trinajstić information content (AvgIpc) is 2.60. The third-order valence-corrected chi connectivity index (χ3v) is 4.79. The van der Waals surface area contributed by atoms with Crippen LogP contribution in [-0.4, -0.2) is 12.2 Å². The molecule has 0 aliphatic carbocycles. The number of aryl methyl sites for hydroxylation is 1. The van der Waals surface area contributed by atoms with Gasteiger partial charge in [-0.1, -0.05) is 36.4 Å². The van der Waals surface area contributed by atoms with Crippen LogP contribution in [0.3, 0.4) is 0 Å². The predicted molar refractivity (Wildman–Crippen MR) is 103 cm³/mol. The number of hydrogen-bond acceptors (Lipinski definition) is 2. The maximum atomic E-state index is 14.3. The van der Waals surface area contributed by atoms with E-state index in [1.54, 1.807) is 20.0 Å². The molecular weight excluding hydrogens is 313 g/mol. The zero-order valence-electron chi connectivity index (χ0n) is 14.9. The van der Waals surface area contributed by atoms with Crippen LogP contribution in [0, 0.1) is 26.6 Å². The molecule has 0 fully saturated rings. The molecule has 0 saturated heterocycles. The van der Waals surface area contributed by atoms with Gasteiger partial charge >= 0.3 is 0 Å². The molecule has 0 aromatic heterocycles. The number of anilines is 1. The summed E-state index contributed by atoms with van der Waals surface area (Å²) in [5, 5.41) is 13.5. The highest BCUT2D eigenvalue weighted by molar-refractivity contribution is 5.82. The van der Waals surface area contributed by atoms with Crippen molar-refractivity contribution in [3.8, 4) is 28.0 Å². The number of nitrogens with one attached hydrogen (secondary N) is 1. The molecule has 0 spiro atoms. The first-order valence-electron chi connectivity index (χ1n) is 8.31. The summed E-state index contributed by atoms with van der Waals surface area (Å²) in [4.78, 5) is 0. The van der Waals surface area contributed by atoms with Crippen LogP contribution in [0.2, 0.25) is 0 Å². The number of para-hydroxylation sites is 1. The minimum atomic E-state index is -0.231. The normalized spacial score (nSPS) is 10.8. The molecule has 3 rings (SSSR count). The molecule has 0 unspecified atom stereocenters. The second-order valence-corrected chi connectivity index (χ2v) is 6.33. The molecule has 0 heterocycles. The Morgan fingerprint density at radius 1 is 0.840 bits per heavy atom. The Kier molecular flexibility index (Phi) is 4.49. The van der Waals surface area contributed by atoms with Gasteiger partial charge in [-0.25, -0.2) is 4.39 Å². The van der Waals surface area contributed by atoms with E-state index in [0.717, 1.165) is 39.1 Å². The van der Waals surface area contributed by atoms with Crippen LogP contribution >= 0.6 is 0 Å². The summed E-state index contributed by atoms with van der Waals surface area (Å²) >= 11 is 0. The second-order valence-electron chi connectivity index (χ2n) is 6.33. The van der Waals surface area contributed by atoms with Crippen molar-refractivity contribution in [3.05, 3.63) is 71.0 Å². The number of phenols is 1. The Morgan fingerprint density at radius 2 is 1.48 bits per heavy atom. The molecule has 0 aliphatic rings. The third kappa shape index (κ3) is 2.98. The number of aromatic hydroxyl groups is 1. The molecular formula is C22H22FNO. The lowest BCUT2D eigenvalue weighted by atomic mass is 9.91. The van der Waals surface area contributed by atoms with E-state index in [1.807, 2.05) is 56.3 Å². The topological polar surface area (TPSA) is 32.3 Å². The Morgan fingerprint density at radius 3 is 2.20 bits per heavy atom. The van der Waals surface area contributed by atoms with E-state index in [0.29, 0.717) is 5.56 Å². The quantitative estimate of drug-likeness (QED) is 0.631. The predicted octanol–water partition coefficient (Wildman–Crippen LogP) is 5.83. The minimum absolute atomic E-state index is 0.231. The maximum Gasteiger partial charge on any atom is 0.128 e. The molecule has 0 saturated carbocycles. The number of hydrogen-bond donors (Lipinski definition) is 2. The van der Waals surface area contributed by atoms with Crippen molar-refractivity contribution in [1.82, 2.24) is 0 Å². The monoisotopic (exact) mass is 335 g/mol. The highest BCUT2D eigenvalue weighted by atomic mass is 19.1. The molecule has 3 heteroatoms. The summed E-state index contributed by atoms with van der Waals surface area (Å²) in [6.45, 7) is 5.65. The summed E-state index contributed by atoms with van der Waals surface area (Å²) in [5.41, 5.74) is 6.74. The summed E-state index contributed by atoms with van der Waals surface area (Å²) < 4.78 is 14.3. The Hall–Kier alpha value is -2.81. The number of phenolic OH excluding ortho intramolecular Hbond substituents is 1. The third-order valence-electron chi connectivity index (χ3n) is 4.79. The molecule has 0 bridgehead atoms. The first-order chi connectivity index (χ1) is 11.9. The highest BCUT2D eigenvalue weighted by Crippen LogP contribution is 2.38. The number of benzene rings is 3. The van der Waals surface area contributed by atoms with Gasteiger partial charge in [0.2, 0.25) is 0 Å². The van der Waals surface area contributed by atoms with E-state index in [2.05, 4.69) is 5.32 Å². The van der Waals surface area contributed by atoms with Crippen LogP contribution in [0.15, 0.2) is 48.5 Å². The molecule has 25 heavy (non-hydrogen) atoms. The van der Waals surface area contributed by atoms with Crippen molar-refractivity contribution < 1.29 is 9.50 Å². The van der Waals surface area contributed by atoms with Gasteiger partial charge in [-0.15, -0.1) is 0 Å². The fraction of sp³-hybridized carbons (Fsp3) is 0.182. The molecule has 3 aromatic carbocycles. The Bertz CT molecular complexity index is 947. The molecule has 0 radical (unpaired) electrons. The van der Waals surface area contributed by atoms with Gasteiger partial charge in [0.25, 0.3) is 0 Å². The smallest absolute Gasteiger partial charge is 0.128 e. The van der Waals surface area contributed by atoms with Crippen LogP contribution in [0.5, 0.6) is 5.75 Å². The van der Waals surface area contributed by atoms with E-state index in [-0.39, 0.29) is 11.6 Å². The van der Waals surface area contributed by atoms with E-state index >= 15 is 0 Å².